The molecule has 0 aliphatic carbocycles. The van der Waals surface area contributed by atoms with Crippen LogP contribution < -0.4 is 10.0 Å². The van der Waals surface area contributed by atoms with Crippen LogP contribution in [0, 0.1) is 23.0 Å². The number of halogens is 2. The summed E-state index contributed by atoms with van der Waals surface area (Å²) in [6.45, 7) is 3.11. The number of hydrogen-bond donors (Lipinski definition) is 2. The molecule has 8 heteroatoms. The average molecular weight is 303 g/mol. The summed E-state index contributed by atoms with van der Waals surface area (Å²) < 4.78 is 51.9. The lowest BCUT2D eigenvalue weighted by molar-refractivity contribution is 0.473. The minimum absolute atomic E-state index is 0.0280. The average Bonchev–Trinajstić information content (AvgIpc) is 2.23. The van der Waals surface area contributed by atoms with Crippen molar-refractivity contribution in [2.75, 3.05) is 18.1 Å². The highest BCUT2D eigenvalue weighted by Crippen LogP contribution is 2.21. The third-order valence-electron chi connectivity index (χ3n) is 2.34. The van der Waals surface area contributed by atoms with Crippen molar-refractivity contribution in [3.05, 3.63) is 29.3 Å². The Morgan fingerprint density at radius 3 is 2.20 bits per heavy atom. The van der Waals surface area contributed by atoms with Gasteiger partial charge in [0.25, 0.3) is 0 Å². The molecule has 1 aromatic carbocycles. The van der Waals surface area contributed by atoms with Gasteiger partial charge in [0.1, 0.15) is 5.69 Å². The van der Waals surface area contributed by atoms with Gasteiger partial charge in [-0.15, -0.1) is 0 Å². The Kier molecular flexibility index (Phi) is 4.68. The summed E-state index contributed by atoms with van der Waals surface area (Å²) in [6.07, 6.45) is 0.998. The Bertz CT molecular complexity index is 628. The third kappa shape index (κ3) is 4.75. The predicted molar refractivity (Wildman–Crippen MR) is 71.6 cm³/mol. The third-order valence-corrected chi connectivity index (χ3v) is 3.26. The van der Waals surface area contributed by atoms with Crippen LogP contribution in [0.3, 0.4) is 0 Å². The van der Waals surface area contributed by atoms with E-state index in [0.717, 1.165) is 18.4 Å². The van der Waals surface area contributed by atoms with Gasteiger partial charge in [-0.3, -0.25) is 0 Å². The van der Waals surface area contributed by atoms with Gasteiger partial charge in [-0.1, -0.05) is 0 Å². The van der Waals surface area contributed by atoms with Crippen LogP contribution in [0.15, 0.2) is 12.1 Å². The number of benzene rings is 1. The molecule has 0 bridgehead atoms. The Labute approximate surface area is 116 Å². The van der Waals surface area contributed by atoms with E-state index in [4.69, 9.17) is 5.26 Å². The molecule has 0 fully saturated rings. The van der Waals surface area contributed by atoms with Crippen LogP contribution in [0.2, 0.25) is 0 Å². The van der Waals surface area contributed by atoms with Crippen molar-refractivity contribution in [2.45, 2.75) is 19.4 Å². The van der Waals surface area contributed by atoms with Crippen LogP contribution in [0.25, 0.3) is 0 Å². The molecule has 5 nitrogen and oxygen atoms in total. The lowest BCUT2D eigenvalue weighted by atomic mass is 10.1. The Morgan fingerprint density at radius 2 is 1.80 bits per heavy atom. The first-order chi connectivity index (χ1) is 9.04. The molecule has 110 valence electrons. The molecule has 1 rings (SSSR count). The van der Waals surface area contributed by atoms with Crippen LogP contribution in [-0.2, 0) is 10.0 Å². The molecule has 0 saturated heterocycles. The first-order valence-corrected chi connectivity index (χ1v) is 7.55. The second-order valence-corrected chi connectivity index (χ2v) is 6.79. The normalized spacial score (nSPS) is 12.0. The van der Waals surface area contributed by atoms with Gasteiger partial charge in [-0.2, -0.15) is 5.26 Å². The minimum Gasteiger partial charge on any atom is -0.378 e. The SMILES string of the molecule is CC(C)(CNc1c(F)cc(C#N)cc1F)NS(C)(=O)=O. The van der Waals surface area contributed by atoms with Crippen molar-refractivity contribution in [1.29, 1.82) is 5.26 Å². The number of nitriles is 1. The summed E-state index contributed by atoms with van der Waals surface area (Å²) in [5, 5.41) is 11.1. The molecule has 0 aliphatic heterocycles. The monoisotopic (exact) mass is 303 g/mol. The maximum Gasteiger partial charge on any atom is 0.209 e. The zero-order valence-corrected chi connectivity index (χ0v) is 12.1. The maximum absolute atomic E-state index is 13.6. The molecule has 0 aromatic heterocycles. The second kappa shape index (κ2) is 5.73. The van der Waals surface area contributed by atoms with E-state index in [-0.39, 0.29) is 12.1 Å². The summed E-state index contributed by atoms with van der Waals surface area (Å²) in [5.74, 6) is -1.81. The van der Waals surface area contributed by atoms with Crippen LogP contribution in [0.4, 0.5) is 14.5 Å². The Hall–Kier alpha value is -1.72. The van der Waals surface area contributed by atoms with Crippen molar-refractivity contribution in [1.82, 2.24) is 4.72 Å². The number of nitrogens with zero attached hydrogens (tertiary/aromatic N) is 1. The van der Waals surface area contributed by atoms with Crippen molar-refractivity contribution < 1.29 is 17.2 Å². The summed E-state index contributed by atoms with van der Waals surface area (Å²) >= 11 is 0. The van der Waals surface area contributed by atoms with Crippen molar-refractivity contribution in [2.24, 2.45) is 0 Å². The highest BCUT2D eigenvalue weighted by Gasteiger charge is 2.23. The molecule has 0 aliphatic rings. The molecule has 0 spiro atoms. The van der Waals surface area contributed by atoms with Gasteiger partial charge in [0, 0.05) is 12.1 Å². The molecule has 2 N–H and O–H groups in total. The first kappa shape index (κ1) is 16.3. The van der Waals surface area contributed by atoms with E-state index in [2.05, 4.69) is 10.0 Å². The molecule has 0 amide bonds. The Balaban J connectivity index is 2.88. The van der Waals surface area contributed by atoms with Gasteiger partial charge >= 0.3 is 0 Å². The molecule has 0 atom stereocenters. The van der Waals surface area contributed by atoms with E-state index < -0.39 is 32.9 Å². The van der Waals surface area contributed by atoms with Gasteiger partial charge in [0.15, 0.2) is 11.6 Å². The summed E-state index contributed by atoms with van der Waals surface area (Å²) in [7, 11) is -3.44. The van der Waals surface area contributed by atoms with E-state index in [1.54, 1.807) is 19.9 Å². The van der Waals surface area contributed by atoms with Crippen molar-refractivity contribution in [3.63, 3.8) is 0 Å². The van der Waals surface area contributed by atoms with Gasteiger partial charge in [-0.25, -0.2) is 21.9 Å². The molecule has 0 heterocycles. The number of hydrogen-bond acceptors (Lipinski definition) is 4. The van der Waals surface area contributed by atoms with Gasteiger partial charge in [-0.05, 0) is 26.0 Å². The highest BCUT2D eigenvalue weighted by molar-refractivity contribution is 7.88. The lowest BCUT2D eigenvalue weighted by Crippen LogP contribution is -2.47. The smallest absolute Gasteiger partial charge is 0.209 e. The van der Waals surface area contributed by atoms with Gasteiger partial charge < -0.3 is 5.32 Å². The second-order valence-electron chi connectivity index (χ2n) is 5.04. The molecule has 0 unspecified atom stereocenters. The molecule has 0 radical (unpaired) electrons. The summed E-state index contributed by atoms with van der Waals surface area (Å²) in [4.78, 5) is 0. The van der Waals surface area contributed by atoms with Gasteiger partial charge in [0.2, 0.25) is 10.0 Å². The number of sulfonamides is 1. The van der Waals surface area contributed by atoms with Crippen LogP contribution in [0.1, 0.15) is 19.4 Å². The number of anilines is 1. The fourth-order valence-corrected chi connectivity index (χ4v) is 2.73. The standard InChI is InChI=1S/C12H15F2N3O2S/c1-12(2,17-20(3,18)19)7-16-11-9(13)4-8(6-15)5-10(11)14/h4-5,16-17H,7H2,1-3H3. The van der Waals surface area contributed by atoms with E-state index in [0.29, 0.717) is 0 Å². The van der Waals surface area contributed by atoms with Crippen molar-refractivity contribution in [3.8, 4) is 6.07 Å². The molecule has 0 saturated carbocycles. The van der Waals surface area contributed by atoms with Gasteiger partial charge in [0.05, 0.1) is 17.9 Å². The highest BCUT2D eigenvalue weighted by atomic mass is 32.2. The quantitative estimate of drug-likeness (QED) is 0.865. The van der Waals surface area contributed by atoms with Crippen LogP contribution in [-0.4, -0.2) is 26.8 Å². The first-order valence-electron chi connectivity index (χ1n) is 5.66. The lowest BCUT2D eigenvalue weighted by Gasteiger charge is -2.26. The fourth-order valence-electron chi connectivity index (χ4n) is 1.65. The molecule has 1 aromatic rings. The van der Waals surface area contributed by atoms with E-state index in [1.807, 2.05) is 0 Å². The zero-order chi connectivity index (χ0) is 15.6. The largest absolute Gasteiger partial charge is 0.378 e. The summed E-state index contributed by atoms with van der Waals surface area (Å²) in [5.41, 5.74) is -1.45. The van der Waals surface area contributed by atoms with Crippen molar-refractivity contribution >= 4 is 15.7 Å². The van der Waals surface area contributed by atoms with E-state index >= 15 is 0 Å². The topological polar surface area (TPSA) is 82.0 Å². The minimum atomic E-state index is -3.44. The predicted octanol–water partition coefficient (Wildman–Crippen LogP) is 1.58. The fraction of sp³-hybridized carbons (Fsp3) is 0.417. The Morgan fingerprint density at radius 1 is 1.30 bits per heavy atom. The molecule has 20 heavy (non-hydrogen) atoms. The number of nitrogens with one attached hydrogen (secondary N) is 2. The maximum atomic E-state index is 13.6. The molecular formula is C12H15F2N3O2S. The zero-order valence-electron chi connectivity index (χ0n) is 11.3. The molecular weight excluding hydrogens is 288 g/mol. The van der Waals surface area contributed by atoms with Crippen LogP contribution >= 0.6 is 0 Å². The van der Waals surface area contributed by atoms with E-state index in [9.17, 15) is 17.2 Å². The number of rotatable bonds is 5. The summed E-state index contributed by atoms with van der Waals surface area (Å²) in [6, 6.07) is 3.45. The van der Waals surface area contributed by atoms with Crippen LogP contribution in [0.5, 0.6) is 0 Å². The van der Waals surface area contributed by atoms with E-state index in [1.165, 1.54) is 0 Å².